The Morgan fingerprint density at radius 2 is 1.70 bits per heavy atom. The molecule has 7 nitrogen and oxygen atoms in total. The highest BCUT2D eigenvalue weighted by Gasteiger charge is 2.22. The standard InChI is InChI=1S/C30H32N4O2.C5H10O.CH4/c1-3-12-31-25-11-10-23-20(2)24(30(35)32-13-16-33-14-6-7-15-33)19-34-26-17-21-8-4-5-9-22(21)18-27(26)36-29(25)28(23)34;1-2-4-6-5-3-1;/h4-5,8-11,17-19,31H,2-3,6-7,12-16H2,1H3,(H,32,35);1-5H2;1H4. The summed E-state index contributed by atoms with van der Waals surface area (Å²) in [6, 6.07) is 16.6. The number of amides is 1. The number of carbonyl (C=O) groups is 1. The molecule has 0 aromatic heterocycles. The first-order valence-corrected chi connectivity index (χ1v) is 15.5. The van der Waals surface area contributed by atoms with Crippen LogP contribution in [0.5, 0.6) is 0 Å². The maximum atomic E-state index is 13.4. The molecular weight excluding hydrogens is 536 g/mol. The van der Waals surface area contributed by atoms with Gasteiger partial charge in [-0.2, -0.15) is 0 Å². The van der Waals surface area contributed by atoms with Gasteiger partial charge in [0.2, 0.25) is 0 Å². The molecule has 7 rings (SSSR count). The maximum absolute atomic E-state index is 13.4. The molecule has 0 atom stereocenters. The first kappa shape index (κ1) is 30.6. The fraction of sp³-hybridized carbons (Fsp3) is 0.417. The highest BCUT2D eigenvalue weighted by Crippen LogP contribution is 2.36. The number of nitrogens with one attached hydrogen (secondary N) is 2. The van der Waals surface area contributed by atoms with E-state index in [9.17, 15) is 4.79 Å². The van der Waals surface area contributed by atoms with Crippen molar-refractivity contribution in [3.63, 3.8) is 0 Å². The van der Waals surface area contributed by atoms with Gasteiger partial charge in [-0.1, -0.05) is 45.2 Å². The molecule has 0 radical (unpaired) electrons. The second-order valence-electron chi connectivity index (χ2n) is 11.4. The van der Waals surface area contributed by atoms with Crippen LogP contribution in [0.4, 0.5) is 5.69 Å². The molecule has 3 aromatic carbocycles. The summed E-state index contributed by atoms with van der Waals surface area (Å²) >= 11 is 0. The van der Waals surface area contributed by atoms with E-state index in [1.54, 1.807) is 0 Å². The van der Waals surface area contributed by atoms with Crippen molar-refractivity contribution in [3.05, 3.63) is 65.5 Å². The number of pyridine rings is 1. The van der Waals surface area contributed by atoms with Crippen LogP contribution >= 0.6 is 0 Å². The van der Waals surface area contributed by atoms with E-state index >= 15 is 0 Å². The number of nitrogens with zero attached hydrogens (tertiary/aromatic N) is 2. The molecule has 2 saturated heterocycles. The van der Waals surface area contributed by atoms with Crippen LogP contribution in [0.1, 0.15) is 63.2 Å². The molecule has 0 unspecified atom stereocenters. The van der Waals surface area contributed by atoms with E-state index < -0.39 is 0 Å². The lowest BCUT2D eigenvalue weighted by atomic mass is 10.0. The fourth-order valence-electron chi connectivity index (χ4n) is 6.06. The van der Waals surface area contributed by atoms with Crippen LogP contribution in [0.2, 0.25) is 0 Å². The average molecular weight is 583 g/mol. The third-order valence-electron chi connectivity index (χ3n) is 8.38. The summed E-state index contributed by atoms with van der Waals surface area (Å²) in [6.07, 6.45) is 9.36. The lowest BCUT2D eigenvalue weighted by molar-refractivity contribution is 0.0948. The molecule has 228 valence electrons. The summed E-state index contributed by atoms with van der Waals surface area (Å²) < 4.78 is 13.7. The topological polar surface area (TPSA) is 71.7 Å². The first-order chi connectivity index (χ1) is 20.6. The number of hydrogen-bond donors (Lipinski definition) is 2. The summed E-state index contributed by atoms with van der Waals surface area (Å²) in [5, 5.41) is 10.5. The molecule has 0 aliphatic carbocycles. The second kappa shape index (κ2) is 14.1. The molecule has 0 saturated carbocycles. The number of likely N-dealkylation sites (tertiary alicyclic amines) is 1. The van der Waals surface area contributed by atoms with Gasteiger partial charge in [0.15, 0.2) is 11.2 Å². The largest absolute Gasteiger partial charge is 0.451 e. The van der Waals surface area contributed by atoms with E-state index in [4.69, 9.17) is 9.15 Å². The number of carbonyl (C=O) groups excluding carboxylic acids is 1. The Morgan fingerprint density at radius 3 is 2.37 bits per heavy atom. The average Bonchev–Trinajstić information content (AvgIpc) is 3.55. The Balaban J connectivity index is 0.000000472. The van der Waals surface area contributed by atoms with Crippen LogP contribution < -0.4 is 15.9 Å². The number of benzene rings is 3. The highest BCUT2D eigenvalue weighted by atomic mass is 16.5. The van der Waals surface area contributed by atoms with Gasteiger partial charge >= 0.3 is 0 Å². The van der Waals surface area contributed by atoms with Crippen molar-refractivity contribution in [2.75, 3.05) is 51.3 Å². The summed E-state index contributed by atoms with van der Waals surface area (Å²) in [6.45, 7) is 13.1. The zero-order chi connectivity index (χ0) is 28.9. The molecule has 3 aromatic rings. The van der Waals surface area contributed by atoms with E-state index in [1.165, 1.54) is 32.1 Å². The van der Waals surface area contributed by atoms with Gasteiger partial charge in [0.1, 0.15) is 0 Å². The summed E-state index contributed by atoms with van der Waals surface area (Å²) in [5.41, 5.74) is 4.93. The summed E-state index contributed by atoms with van der Waals surface area (Å²) in [5.74, 6) is -0.0894. The Kier molecular flexibility index (Phi) is 10.1. The van der Waals surface area contributed by atoms with Gasteiger partial charge < -0.3 is 29.3 Å². The van der Waals surface area contributed by atoms with Gasteiger partial charge in [-0.25, -0.2) is 0 Å². The third kappa shape index (κ3) is 6.58. The van der Waals surface area contributed by atoms with E-state index in [1.807, 2.05) is 30.5 Å². The predicted octanol–water partition coefficient (Wildman–Crippen LogP) is 7.13. The zero-order valence-corrected chi connectivity index (χ0v) is 24.7. The maximum Gasteiger partial charge on any atom is 0.253 e. The van der Waals surface area contributed by atoms with Crippen LogP contribution in [0, 0.1) is 0 Å². The minimum atomic E-state index is -0.0894. The van der Waals surface area contributed by atoms with Crippen LogP contribution in [0.15, 0.2) is 59.1 Å². The minimum absolute atomic E-state index is 0. The molecular formula is C36H46N4O3. The number of fused-ring (bicyclic) bond motifs is 3. The van der Waals surface area contributed by atoms with Gasteiger partial charge in [0.25, 0.3) is 5.91 Å². The minimum Gasteiger partial charge on any atom is -0.451 e. The summed E-state index contributed by atoms with van der Waals surface area (Å²) in [7, 11) is 0. The van der Waals surface area contributed by atoms with Crippen molar-refractivity contribution >= 4 is 51.0 Å². The van der Waals surface area contributed by atoms with Crippen molar-refractivity contribution in [1.82, 2.24) is 14.8 Å². The normalized spacial score (nSPS) is 15.4. The molecule has 4 heterocycles. The van der Waals surface area contributed by atoms with Gasteiger partial charge in [0, 0.05) is 44.4 Å². The first-order valence-electron chi connectivity index (χ1n) is 15.5. The van der Waals surface area contributed by atoms with E-state index in [-0.39, 0.29) is 13.3 Å². The molecule has 43 heavy (non-hydrogen) atoms. The predicted molar refractivity (Wildman–Crippen MR) is 179 cm³/mol. The molecule has 4 aliphatic heterocycles. The second-order valence-corrected chi connectivity index (χ2v) is 11.4. The van der Waals surface area contributed by atoms with Gasteiger partial charge in [-0.3, -0.25) is 4.79 Å². The highest BCUT2D eigenvalue weighted by molar-refractivity contribution is 6.03. The van der Waals surface area contributed by atoms with E-state index in [0.29, 0.717) is 12.1 Å². The smallest absolute Gasteiger partial charge is 0.253 e. The van der Waals surface area contributed by atoms with Gasteiger partial charge in [-0.15, -0.1) is 0 Å². The van der Waals surface area contributed by atoms with Crippen molar-refractivity contribution in [1.29, 1.82) is 0 Å². The van der Waals surface area contributed by atoms with Gasteiger partial charge in [-0.05, 0) is 91.9 Å². The van der Waals surface area contributed by atoms with Crippen molar-refractivity contribution in [3.8, 4) is 5.69 Å². The Hall–Kier alpha value is -3.81. The molecule has 2 fully saturated rings. The van der Waals surface area contributed by atoms with Gasteiger partial charge in [0.05, 0.1) is 22.5 Å². The number of aromatic nitrogens is 1. The van der Waals surface area contributed by atoms with Crippen molar-refractivity contribution < 1.29 is 13.9 Å². The number of hydrogen-bond acceptors (Lipinski definition) is 5. The Bertz CT molecular complexity index is 1700. The van der Waals surface area contributed by atoms with Crippen molar-refractivity contribution in [2.24, 2.45) is 0 Å². The zero-order valence-electron chi connectivity index (χ0n) is 24.7. The van der Waals surface area contributed by atoms with Crippen LogP contribution in [-0.4, -0.2) is 61.3 Å². The number of rotatable bonds is 7. The number of ether oxygens (including phenoxy) is 1. The molecule has 0 bridgehead atoms. The third-order valence-corrected chi connectivity index (χ3v) is 8.38. The molecule has 1 amide bonds. The monoisotopic (exact) mass is 582 g/mol. The Morgan fingerprint density at radius 1 is 0.953 bits per heavy atom. The molecule has 4 aliphatic rings. The van der Waals surface area contributed by atoms with Crippen LogP contribution in [0.25, 0.3) is 45.1 Å². The van der Waals surface area contributed by atoms with Crippen molar-refractivity contribution in [2.45, 2.75) is 52.9 Å². The lowest BCUT2D eigenvalue weighted by Crippen LogP contribution is -2.36. The number of anilines is 1. The van der Waals surface area contributed by atoms with E-state index in [2.05, 4.69) is 57.9 Å². The molecule has 0 spiro atoms. The lowest BCUT2D eigenvalue weighted by Gasteiger charge is -2.22. The van der Waals surface area contributed by atoms with Crippen LogP contribution in [-0.2, 0) is 4.74 Å². The molecule has 7 heteroatoms. The molecule has 2 N–H and O–H groups in total. The fourth-order valence-corrected chi connectivity index (χ4v) is 6.06. The van der Waals surface area contributed by atoms with E-state index in [0.717, 1.165) is 95.2 Å². The SMILES string of the molecule is C.C1CCOCC1.C=c1c(C(=O)NCCN2CCCC2)cn2c3cc4ccccc4cc3oc3c(NCCC)ccc1c3-2. The Labute approximate surface area is 254 Å². The van der Waals surface area contributed by atoms with Crippen LogP contribution in [0.3, 0.4) is 0 Å². The summed E-state index contributed by atoms with van der Waals surface area (Å²) in [4.78, 5) is 15.8. The quantitative estimate of drug-likeness (QED) is 0.158.